The molecule has 1 aromatic heterocycles. The maximum atomic E-state index is 12.7. The summed E-state index contributed by atoms with van der Waals surface area (Å²) in [5.74, 6) is -2.18. The first-order valence-electron chi connectivity index (χ1n) is 4.81. The van der Waals surface area contributed by atoms with Gasteiger partial charge in [0.1, 0.15) is 5.75 Å². The Bertz CT molecular complexity index is 487. The summed E-state index contributed by atoms with van der Waals surface area (Å²) in [5, 5.41) is 8.49. The molecule has 0 bridgehead atoms. The predicted octanol–water partition coefficient (Wildman–Crippen LogP) is 2.67. The monoisotopic (exact) mass is 285 g/mol. The molecule has 0 aliphatic rings. The van der Waals surface area contributed by atoms with Crippen LogP contribution in [0.2, 0.25) is 0 Å². The largest absolute Gasteiger partial charge is 0.496 e. The first-order chi connectivity index (χ1) is 8.66. The van der Waals surface area contributed by atoms with E-state index >= 15 is 0 Å². The van der Waals surface area contributed by atoms with Gasteiger partial charge < -0.3 is 9.84 Å². The van der Waals surface area contributed by atoms with Crippen LogP contribution in [-0.2, 0) is 17.4 Å². The van der Waals surface area contributed by atoms with Crippen LogP contribution in [0.5, 0.6) is 5.75 Å². The molecular weight excluding hydrogens is 277 g/mol. The minimum absolute atomic E-state index is 0.513. The van der Waals surface area contributed by atoms with Gasteiger partial charge in [-0.3, -0.25) is 4.79 Å². The lowest BCUT2D eigenvalue weighted by molar-refractivity contribution is -0.144. The van der Waals surface area contributed by atoms with Crippen molar-refractivity contribution in [3.8, 4) is 5.75 Å². The Morgan fingerprint density at radius 2 is 2.05 bits per heavy atom. The van der Waals surface area contributed by atoms with E-state index in [0.717, 1.165) is 13.2 Å². The molecule has 0 radical (unpaired) electrons. The molecule has 0 atom stereocenters. The molecule has 0 amide bonds. The fraction of sp³-hybridized carbons (Fsp3) is 0.400. The Balaban J connectivity index is 3.50. The van der Waals surface area contributed by atoms with Gasteiger partial charge in [0.15, 0.2) is 5.69 Å². The van der Waals surface area contributed by atoms with Crippen LogP contribution >= 0.6 is 0 Å². The number of ether oxygens (including phenoxy) is 1. The van der Waals surface area contributed by atoms with Crippen LogP contribution in [0.4, 0.5) is 22.0 Å². The standard InChI is InChI=1S/C10H8F5NO3/c1-19-5-2-4(3-6(17)18)16-8(10(13,14)15)7(5)9(11)12/h2,9H,3H2,1H3,(H,17,18). The normalized spacial score (nSPS) is 11.7. The highest BCUT2D eigenvalue weighted by atomic mass is 19.4. The van der Waals surface area contributed by atoms with Gasteiger partial charge in [-0.25, -0.2) is 13.8 Å². The van der Waals surface area contributed by atoms with Gasteiger partial charge >= 0.3 is 12.1 Å². The van der Waals surface area contributed by atoms with E-state index in [-0.39, 0.29) is 0 Å². The third-order valence-electron chi connectivity index (χ3n) is 2.11. The number of carbonyl (C=O) groups is 1. The Morgan fingerprint density at radius 1 is 1.47 bits per heavy atom. The average molecular weight is 285 g/mol. The number of hydrogen-bond donors (Lipinski definition) is 1. The van der Waals surface area contributed by atoms with Gasteiger partial charge in [0.05, 0.1) is 24.8 Å². The summed E-state index contributed by atoms with van der Waals surface area (Å²) in [7, 11) is 0.909. The maximum absolute atomic E-state index is 12.7. The van der Waals surface area contributed by atoms with Crippen LogP contribution in [-0.4, -0.2) is 23.2 Å². The summed E-state index contributed by atoms with van der Waals surface area (Å²) >= 11 is 0. The van der Waals surface area contributed by atoms with Crippen molar-refractivity contribution in [2.75, 3.05) is 7.11 Å². The number of pyridine rings is 1. The van der Waals surface area contributed by atoms with Crippen molar-refractivity contribution in [2.45, 2.75) is 19.0 Å². The smallest absolute Gasteiger partial charge is 0.433 e. The molecule has 4 nitrogen and oxygen atoms in total. The Labute approximate surface area is 103 Å². The highest BCUT2D eigenvalue weighted by Gasteiger charge is 2.40. The van der Waals surface area contributed by atoms with E-state index in [1.165, 1.54) is 0 Å². The fourth-order valence-corrected chi connectivity index (χ4v) is 1.42. The number of nitrogens with zero attached hydrogens (tertiary/aromatic N) is 1. The number of rotatable bonds is 4. The molecule has 19 heavy (non-hydrogen) atoms. The third kappa shape index (κ3) is 3.52. The molecule has 9 heteroatoms. The van der Waals surface area contributed by atoms with Crippen molar-refractivity contribution in [3.05, 3.63) is 23.0 Å². The van der Waals surface area contributed by atoms with Crippen molar-refractivity contribution in [1.29, 1.82) is 0 Å². The molecule has 0 saturated heterocycles. The molecule has 0 unspecified atom stereocenters. The van der Waals surface area contributed by atoms with Crippen LogP contribution in [0.3, 0.4) is 0 Å². The summed E-state index contributed by atoms with van der Waals surface area (Å²) < 4.78 is 67.7. The molecule has 1 heterocycles. The lowest BCUT2D eigenvalue weighted by Crippen LogP contribution is -2.16. The van der Waals surface area contributed by atoms with E-state index in [1.54, 1.807) is 0 Å². The molecule has 1 N–H and O–H groups in total. The molecular formula is C10H8F5NO3. The number of aromatic nitrogens is 1. The van der Waals surface area contributed by atoms with Crippen LogP contribution < -0.4 is 4.74 Å². The highest BCUT2D eigenvalue weighted by molar-refractivity contribution is 5.69. The van der Waals surface area contributed by atoms with E-state index in [4.69, 9.17) is 5.11 Å². The van der Waals surface area contributed by atoms with Crippen molar-refractivity contribution in [2.24, 2.45) is 0 Å². The van der Waals surface area contributed by atoms with Crippen LogP contribution in [0.15, 0.2) is 6.07 Å². The molecule has 0 aliphatic carbocycles. The van der Waals surface area contributed by atoms with Crippen molar-refractivity contribution >= 4 is 5.97 Å². The second-order valence-electron chi connectivity index (χ2n) is 3.45. The number of halogens is 5. The molecule has 1 aromatic rings. The van der Waals surface area contributed by atoms with Gasteiger partial charge in [-0.1, -0.05) is 0 Å². The number of aliphatic carboxylic acids is 1. The number of hydrogen-bond acceptors (Lipinski definition) is 3. The van der Waals surface area contributed by atoms with Gasteiger partial charge in [-0.05, 0) is 0 Å². The van der Waals surface area contributed by atoms with Gasteiger partial charge in [0.2, 0.25) is 0 Å². The van der Waals surface area contributed by atoms with Crippen molar-refractivity contribution in [3.63, 3.8) is 0 Å². The van der Waals surface area contributed by atoms with E-state index in [0.29, 0.717) is 0 Å². The molecule has 0 aromatic carbocycles. The molecule has 1 rings (SSSR count). The summed E-state index contributed by atoms with van der Waals surface area (Å²) in [6.45, 7) is 0. The zero-order chi connectivity index (χ0) is 14.8. The summed E-state index contributed by atoms with van der Waals surface area (Å²) in [4.78, 5) is 13.4. The summed E-state index contributed by atoms with van der Waals surface area (Å²) in [5.41, 5.74) is -3.75. The van der Waals surface area contributed by atoms with E-state index in [2.05, 4.69) is 9.72 Å². The molecule has 106 valence electrons. The predicted molar refractivity (Wildman–Crippen MR) is 52.1 cm³/mol. The third-order valence-corrected chi connectivity index (χ3v) is 2.11. The second-order valence-corrected chi connectivity index (χ2v) is 3.45. The topological polar surface area (TPSA) is 59.4 Å². The first-order valence-corrected chi connectivity index (χ1v) is 4.81. The van der Waals surface area contributed by atoms with Gasteiger partial charge in [-0.2, -0.15) is 13.2 Å². The number of carboxylic acid groups (broad SMARTS) is 1. The minimum atomic E-state index is -5.13. The number of alkyl halides is 5. The zero-order valence-electron chi connectivity index (χ0n) is 9.46. The Hall–Kier alpha value is -1.93. The van der Waals surface area contributed by atoms with Gasteiger partial charge in [-0.15, -0.1) is 0 Å². The Kier molecular flexibility index (Phi) is 4.28. The quantitative estimate of drug-likeness (QED) is 0.864. The van der Waals surface area contributed by atoms with Gasteiger partial charge in [0, 0.05) is 6.07 Å². The van der Waals surface area contributed by atoms with E-state index in [1.807, 2.05) is 0 Å². The molecule has 0 fully saturated rings. The fourth-order valence-electron chi connectivity index (χ4n) is 1.42. The number of methoxy groups -OCH3 is 1. The second kappa shape index (κ2) is 5.37. The molecule has 0 spiro atoms. The average Bonchev–Trinajstić information content (AvgIpc) is 2.25. The lowest BCUT2D eigenvalue weighted by atomic mass is 10.1. The molecule has 0 aliphatic heterocycles. The molecule has 0 saturated carbocycles. The van der Waals surface area contributed by atoms with Crippen LogP contribution in [0.25, 0.3) is 0 Å². The maximum Gasteiger partial charge on any atom is 0.433 e. The SMILES string of the molecule is COc1cc(CC(=O)O)nc(C(F)(F)F)c1C(F)F. The number of carboxylic acids is 1. The van der Waals surface area contributed by atoms with E-state index < -0.39 is 47.7 Å². The minimum Gasteiger partial charge on any atom is -0.496 e. The van der Waals surface area contributed by atoms with Crippen LogP contribution in [0.1, 0.15) is 23.4 Å². The van der Waals surface area contributed by atoms with Gasteiger partial charge in [0.25, 0.3) is 6.43 Å². The van der Waals surface area contributed by atoms with Crippen LogP contribution in [0, 0.1) is 0 Å². The van der Waals surface area contributed by atoms with Crippen molar-refractivity contribution in [1.82, 2.24) is 4.98 Å². The Morgan fingerprint density at radius 3 is 2.42 bits per heavy atom. The van der Waals surface area contributed by atoms with Crippen molar-refractivity contribution < 1.29 is 36.6 Å². The lowest BCUT2D eigenvalue weighted by Gasteiger charge is -2.16. The summed E-state index contributed by atoms with van der Waals surface area (Å²) in [6.07, 6.45) is -9.41. The zero-order valence-corrected chi connectivity index (χ0v) is 9.46. The highest BCUT2D eigenvalue weighted by Crippen LogP contribution is 2.40. The first kappa shape index (κ1) is 15.1. The summed E-state index contributed by atoms with van der Waals surface area (Å²) in [6, 6.07) is 0.755. The van der Waals surface area contributed by atoms with E-state index in [9.17, 15) is 26.7 Å².